The topological polar surface area (TPSA) is 148 Å². The molecule has 39 heavy (non-hydrogen) atoms. The van der Waals surface area contributed by atoms with Crippen molar-refractivity contribution in [3.8, 4) is 40.1 Å². The summed E-state index contributed by atoms with van der Waals surface area (Å²) in [5, 5.41) is 11.8. The largest absolute Gasteiger partial charge is 0.493 e. The number of ether oxygens (including phenoxy) is 5. The first-order valence-corrected chi connectivity index (χ1v) is 12.3. The average molecular weight is 558 g/mol. The number of hydrogen-bond donors (Lipinski definition) is 1. The fraction of sp³-hybridized carbons (Fsp3) is 0.269. The lowest BCUT2D eigenvalue weighted by Gasteiger charge is -2.12. The van der Waals surface area contributed by atoms with E-state index < -0.39 is 11.9 Å². The third-order valence-electron chi connectivity index (χ3n) is 4.92. The predicted molar refractivity (Wildman–Crippen MR) is 143 cm³/mol. The van der Waals surface area contributed by atoms with Crippen molar-refractivity contribution >= 4 is 34.3 Å². The second-order valence-electron chi connectivity index (χ2n) is 7.71. The number of carbonyl (C=O) groups is 2. The Morgan fingerprint density at radius 3 is 2.15 bits per heavy atom. The van der Waals surface area contributed by atoms with Gasteiger partial charge in [0.2, 0.25) is 10.7 Å². The molecule has 0 amide bonds. The number of fused-ring (bicyclic) bond motifs is 1. The lowest BCUT2D eigenvalue weighted by Crippen LogP contribution is -2.23. The fourth-order valence-electron chi connectivity index (χ4n) is 3.44. The van der Waals surface area contributed by atoms with Crippen LogP contribution in [0.2, 0.25) is 0 Å². The first-order chi connectivity index (χ1) is 18.6. The SMILES string of the molecule is CC(=O)O.CCOc1cc(C=c2sc3nc(-c4cc(OC)c(OC)c(OC)c4)nn3c2=O)ccc1OC(C)=O. The molecule has 13 heteroatoms. The standard InChI is InChI=1S/C24H23N3O7S.C2H4O2/c1-6-33-17-9-14(7-8-16(17)34-13(2)28)10-20-23(29)27-24(35-20)25-22(26-27)15-11-18(30-3)21(32-5)19(12-15)31-4;1-2(3)4/h7-12H,6H2,1-5H3;1H3,(H,3,4). The minimum atomic E-state index is -0.833. The van der Waals surface area contributed by atoms with Gasteiger partial charge in [0.15, 0.2) is 28.8 Å². The van der Waals surface area contributed by atoms with Crippen LogP contribution in [0.3, 0.4) is 0 Å². The molecule has 0 aliphatic rings. The molecule has 0 bridgehead atoms. The minimum absolute atomic E-state index is 0.307. The maximum atomic E-state index is 13.0. The Morgan fingerprint density at radius 1 is 1.00 bits per heavy atom. The van der Waals surface area contributed by atoms with Gasteiger partial charge < -0.3 is 28.8 Å². The van der Waals surface area contributed by atoms with Gasteiger partial charge in [0, 0.05) is 19.4 Å². The number of esters is 1. The summed E-state index contributed by atoms with van der Waals surface area (Å²) in [7, 11) is 4.57. The van der Waals surface area contributed by atoms with Crippen molar-refractivity contribution in [1.29, 1.82) is 0 Å². The van der Waals surface area contributed by atoms with Crippen molar-refractivity contribution in [2.24, 2.45) is 0 Å². The van der Waals surface area contributed by atoms with E-state index in [0.717, 1.165) is 6.92 Å². The van der Waals surface area contributed by atoms with Crippen LogP contribution in [-0.4, -0.2) is 59.6 Å². The molecule has 0 saturated heterocycles. The van der Waals surface area contributed by atoms with E-state index in [-0.39, 0.29) is 5.56 Å². The summed E-state index contributed by atoms with van der Waals surface area (Å²) < 4.78 is 28.6. The molecule has 0 aliphatic heterocycles. The van der Waals surface area contributed by atoms with Gasteiger partial charge >= 0.3 is 5.97 Å². The lowest BCUT2D eigenvalue weighted by atomic mass is 10.1. The molecular weight excluding hydrogens is 530 g/mol. The maximum Gasteiger partial charge on any atom is 0.308 e. The summed E-state index contributed by atoms with van der Waals surface area (Å²) in [5.74, 6) is 1.16. The highest BCUT2D eigenvalue weighted by Gasteiger charge is 2.18. The van der Waals surface area contributed by atoms with E-state index in [1.165, 1.54) is 44.1 Å². The maximum absolute atomic E-state index is 13.0. The van der Waals surface area contributed by atoms with Gasteiger partial charge in [-0.3, -0.25) is 14.4 Å². The molecule has 2 heterocycles. The Morgan fingerprint density at radius 2 is 1.64 bits per heavy atom. The van der Waals surface area contributed by atoms with Crippen LogP contribution >= 0.6 is 11.3 Å². The molecular formula is C26H27N3O9S. The van der Waals surface area contributed by atoms with Crippen LogP contribution in [0.5, 0.6) is 28.7 Å². The van der Waals surface area contributed by atoms with Crippen molar-refractivity contribution in [3.63, 3.8) is 0 Å². The van der Waals surface area contributed by atoms with Crippen LogP contribution in [0.1, 0.15) is 26.3 Å². The number of rotatable bonds is 8. The van der Waals surface area contributed by atoms with E-state index in [1.54, 1.807) is 36.4 Å². The first kappa shape index (κ1) is 28.9. The Balaban J connectivity index is 0.000000983. The molecule has 0 fully saturated rings. The van der Waals surface area contributed by atoms with Gasteiger partial charge in [-0.2, -0.15) is 9.50 Å². The van der Waals surface area contributed by atoms with E-state index in [4.69, 9.17) is 33.6 Å². The zero-order valence-electron chi connectivity index (χ0n) is 22.1. The van der Waals surface area contributed by atoms with Crippen molar-refractivity contribution < 1.29 is 38.4 Å². The molecule has 0 spiro atoms. The zero-order valence-corrected chi connectivity index (χ0v) is 23.0. The van der Waals surface area contributed by atoms with Crippen LogP contribution < -0.4 is 33.8 Å². The Bertz CT molecular complexity index is 1580. The number of benzene rings is 2. The van der Waals surface area contributed by atoms with Crippen molar-refractivity contribution in [3.05, 3.63) is 50.8 Å². The molecule has 4 rings (SSSR count). The Hall–Kier alpha value is -4.65. The summed E-state index contributed by atoms with van der Waals surface area (Å²) in [6.07, 6.45) is 1.71. The molecule has 4 aromatic rings. The zero-order chi connectivity index (χ0) is 28.7. The lowest BCUT2D eigenvalue weighted by molar-refractivity contribution is -0.134. The molecule has 2 aromatic carbocycles. The second kappa shape index (κ2) is 12.7. The fourth-order valence-corrected chi connectivity index (χ4v) is 4.35. The van der Waals surface area contributed by atoms with Crippen LogP contribution in [0.25, 0.3) is 22.4 Å². The number of carbonyl (C=O) groups excluding carboxylic acids is 1. The number of hydrogen-bond acceptors (Lipinski definition) is 11. The van der Waals surface area contributed by atoms with Gasteiger partial charge in [-0.05, 0) is 42.8 Å². The highest BCUT2D eigenvalue weighted by atomic mass is 32.1. The molecule has 2 aromatic heterocycles. The molecule has 0 unspecified atom stereocenters. The van der Waals surface area contributed by atoms with Crippen LogP contribution in [-0.2, 0) is 9.59 Å². The van der Waals surface area contributed by atoms with E-state index in [0.29, 0.717) is 61.8 Å². The van der Waals surface area contributed by atoms with Crippen molar-refractivity contribution in [2.75, 3.05) is 27.9 Å². The van der Waals surface area contributed by atoms with Gasteiger partial charge in [-0.1, -0.05) is 17.4 Å². The summed E-state index contributed by atoms with van der Waals surface area (Å²) in [6, 6.07) is 8.51. The van der Waals surface area contributed by atoms with E-state index in [1.807, 2.05) is 6.92 Å². The molecule has 1 N–H and O–H groups in total. The first-order valence-electron chi connectivity index (χ1n) is 11.5. The number of aromatic nitrogens is 3. The molecule has 0 atom stereocenters. The number of aliphatic carboxylic acids is 1. The molecule has 0 radical (unpaired) electrons. The van der Waals surface area contributed by atoms with Gasteiger partial charge in [-0.25, -0.2) is 0 Å². The van der Waals surface area contributed by atoms with E-state index in [9.17, 15) is 9.59 Å². The van der Waals surface area contributed by atoms with Crippen LogP contribution in [0, 0.1) is 0 Å². The monoisotopic (exact) mass is 557 g/mol. The van der Waals surface area contributed by atoms with Gasteiger partial charge in [0.1, 0.15) is 0 Å². The minimum Gasteiger partial charge on any atom is -0.493 e. The summed E-state index contributed by atoms with van der Waals surface area (Å²) >= 11 is 1.20. The third kappa shape index (κ3) is 6.82. The van der Waals surface area contributed by atoms with Gasteiger partial charge in [0.25, 0.3) is 11.5 Å². The van der Waals surface area contributed by atoms with Gasteiger partial charge in [0.05, 0.1) is 32.5 Å². The number of thiazole rings is 1. The van der Waals surface area contributed by atoms with Crippen LogP contribution in [0.15, 0.2) is 35.1 Å². The molecule has 12 nitrogen and oxygen atoms in total. The Labute approximate surface area is 227 Å². The quantitative estimate of drug-likeness (QED) is 0.252. The molecule has 206 valence electrons. The smallest absolute Gasteiger partial charge is 0.308 e. The Kier molecular flexibility index (Phi) is 9.44. The number of carboxylic acid groups (broad SMARTS) is 1. The summed E-state index contributed by atoms with van der Waals surface area (Å²) in [4.78, 5) is 38.3. The number of nitrogens with zero attached hydrogens (tertiary/aromatic N) is 3. The molecule has 0 saturated carbocycles. The average Bonchev–Trinajstić information content (AvgIpc) is 3.43. The normalized spacial score (nSPS) is 11.0. The second-order valence-corrected chi connectivity index (χ2v) is 8.72. The number of methoxy groups -OCH3 is 3. The van der Waals surface area contributed by atoms with Gasteiger partial charge in [-0.15, -0.1) is 5.10 Å². The van der Waals surface area contributed by atoms with E-state index in [2.05, 4.69) is 10.1 Å². The molecule has 0 aliphatic carbocycles. The van der Waals surface area contributed by atoms with Crippen molar-refractivity contribution in [2.45, 2.75) is 20.8 Å². The summed E-state index contributed by atoms with van der Waals surface area (Å²) in [6.45, 7) is 4.63. The van der Waals surface area contributed by atoms with E-state index >= 15 is 0 Å². The highest BCUT2D eigenvalue weighted by Crippen LogP contribution is 2.40. The van der Waals surface area contributed by atoms with Crippen molar-refractivity contribution in [1.82, 2.24) is 14.6 Å². The highest BCUT2D eigenvalue weighted by molar-refractivity contribution is 7.15. The third-order valence-corrected chi connectivity index (χ3v) is 5.88. The number of carboxylic acids is 1. The predicted octanol–water partition coefficient (Wildman–Crippen LogP) is 2.81. The van der Waals surface area contributed by atoms with Crippen LogP contribution in [0.4, 0.5) is 0 Å². The summed E-state index contributed by atoms with van der Waals surface area (Å²) in [5.41, 5.74) is 1.01.